The normalized spacial score (nSPS) is 12.4. The molecule has 0 saturated carbocycles. The van der Waals surface area contributed by atoms with E-state index in [1.807, 2.05) is 0 Å². The summed E-state index contributed by atoms with van der Waals surface area (Å²) in [6.45, 7) is 0.969. The lowest BCUT2D eigenvalue weighted by Gasteiger charge is -2.25. The predicted octanol–water partition coefficient (Wildman–Crippen LogP) is 3.38. The Labute approximate surface area is 150 Å². The molecule has 3 rings (SSSR count). The van der Waals surface area contributed by atoms with Crippen LogP contribution in [-0.2, 0) is 4.79 Å². The highest BCUT2D eigenvalue weighted by Crippen LogP contribution is 2.38. The number of benzene rings is 2. The number of rotatable bonds is 5. The van der Waals surface area contributed by atoms with E-state index in [0.717, 1.165) is 0 Å². The molecule has 0 aliphatic carbocycles. The first-order valence-corrected chi connectivity index (χ1v) is 8.21. The number of fused-ring (bicyclic) bond motifs is 1. The Balaban J connectivity index is 2.08. The first-order chi connectivity index (χ1) is 12.2. The molecular formula is C18H18ClNO5. The molecular weight excluding hydrogens is 346 g/mol. The van der Waals surface area contributed by atoms with E-state index in [1.54, 1.807) is 50.6 Å². The number of hydrogen-bond acceptors (Lipinski definition) is 5. The molecule has 0 atom stereocenters. The molecule has 1 amide bonds. The average Bonchev–Trinajstić information content (AvgIpc) is 2.67. The SMILES string of the molecule is COc1cc(OC)cc(N(C(=O)CCl)c2ccc3c(c2)OCCO3)c1. The third kappa shape index (κ3) is 3.58. The van der Waals surface area contributed by atoms with E-state index < -0.39 is 0 Å². The second kappa shape index (κ2) is 7.53. The zero-order valence-corrected chi connectivity index (χ0v) is 14.7. The van der Waals surface area contributed by atoms with E-state index >= 15 is 0 Å². The van der Waals surface area contributed by atoms with Gasteiger partial charge in [-0.2, -0.15) is 0 Å². The van der Waals surface area contributed by atoms with Crippen molar-refractivity contribution < 1.29 is 23.7 Å². The number of carbonyl (C=O) groups excluding carboxylic acids is 1. The molecule has 0 bridgehead atoms. The Kier molecular flexibility index (Phi) is 5.19. The van der Waals surface area contributed by atoms with Gasteiger partial charge in [-0.1, -0.05) is 0 Å². The van der Waals surface area contributed by atoms with Crippen molar-refractivity contribution in [2.75, 3.05) is 38.2 Å². The molecule has 0 spiro atoms. The summed E-state index contributed by atoms with van der Waals surface area (Å²) in [6, 6.07) is 10.5. The number of anilines is 2. The Hall–Kier alpha value is -2.60. The third-order valence-electron chi connectivity index (χ3n) is 3.74. The van der Waals surface area contributed by atoms with Gasteiger partial charge in [0, 0.05) is 24.3 Å². The molecule has 25 heavy (non-hydrogen) atoms. The number of alkyl halides is 1. The minimum absolute atomic E-state index is 0.173. The van der Waals surface area contributed by atoms with Gasteiger partial charge in [0.25, 0.3) is 0 Å². The Morgan fingerprint density at radius 1 is 1.00 bits per heavy atom. The molecule has 6 nitrogen and oxygen atoms in total. The molecule has 1 aliphatic heterocycles. The fourth-order valence-corrected chi connectivity index (χ4v) is 2.71. The maximum atomic E-state index is 12.5. The summed E-state index contributed by atoms with van der Waals surface area (Å²) in [4.78, 5) is 14.0. The molecule has 0 unspecified atom stereocenters. The van der Waals surface area contributed by atoms with Crippen LogP contribution in [0.4, 0.5) is 11.4 Å². The quantitative estimate of drug-likeness (QED) is 0.762. The number of nitrogens with zero attached hydrogens (tertiary/aromatic N) is 1. The van der Waals surface area contributed by atoms with Gasteiger partial charge >= 0.3 is 0 Å². The lowest BCUT2D eigenvalue weighted by molar-refractivity contribution is -0.115. The van der Waals surface area contributed by atoms with E-state index in [2.05, 4.69) is 0 Å². The van der Waals surface area contributed by atoms with Gasteiger partial charge in [0.05, 0.1) is 25.6 Å². The highest BCUT2D eigenvalue weighted by Gasteiger charge is 2.22. The van der Waals surface area contributed by atoms with E-state index in [0.29, 0.717) is 47.6 Å². The number of methoxy groups -OCH3 is 2. The molecule has 0 saturated heterocycles. The second-order valence-corrected chi connectivity index (χ2v) is 5.53. The van der Waals surface area contributed by atoms with Crippen LogP contribution in [0, 0.1) is 0 Å². The van der Waals surface area contributed by atoms with Gasteiger partial charge in [0.2, 0.25) is 5.91 Å². The van der Waals surface area contributed by atoms with Gasteiger partial charge in [-0.25, -0.2) is 0 Å². The fraction of sp³-hybridized carbons (Fsp3) is 0.278. The van der Waals surface area contributed by atoms with Gasteiger partial charge < -0.3 is 18.9 Å². The van der Waals surface area contributed by atoms with Crippen molar-refractivity contribution in [1.29, 1.82) is 0 Å². The van der Waals surface area contributed by atoms with Crippen LogP contribution >= 0.6 is 11.6 Å². The van der Waals surface area contributed by atoms with Crippen LogP contribution in [0.3, 0.4) is 0 Å². The number of amides is 1. The molecule has 132 valence electrons. The van der Waals surface area contributed by atoms with Crippen molar-refractivity contribution >= 4 is 28.9 Å². The second-order valence-electron chi connectivity index (χ2n) is 5.26. The van der Waals surface area contributed by atoms with Crippen molar-refractivity contribution in [3.8, 4) is 23.0 Å². The summed E-state index contributed by atoms with van der Waals surface area (Å²) < 4.78 is 21.7. The molecule has 0 fully saturated rings. The zero-order valence-electron chi connectivity index (χ0n) is 14.0. The minimum atomic E-state index is -0.284. The monoisotopic (exact) mass is 363 g/mol. The van der Waals surface area contributed by atoms with Gasteiger partial charge in [0.1, 0.15) is 30.6 Å². The fourth-order valence-electron chi connectivity index (χ4n) is 2.59. The first kappa shape index (κ1) is 17.2. The summed E-state index contributed by atoms with van der Waals surface area (Å²) in [5.74, 6) is 1.92. The molecule has 0 N–H and O–H groups in total. The van der Waals surface area contributed by atoms with Crippen LogP contribution < -0.4 is 23.8 Å². The Morgan fingerprint density at radius 3 is 2.24 bits per heavy atom. The Bertz CT molecular complexity index is 758. The molecule has 0 aromatic heterocycles. The number of hydrogen-bond donors (Lipinski definition) is 0. The van der Waals surface area contributed by atoms with E-state index in [-0.39, 0.29) is 11.8 Å². The topological polar surface area (TPSA) is 57.2 Å². The lowest BCUT2D eigenvalue weighted by atomic mass is 10.2. The molecule has 2 aromatic rings. The smallest absolute Gasteiger partial charge is 0.246 e. The number of halogens is 1. The summed E-state index contributed by atoms with van der Waals surface area (Å²) in [6.07, 6.45) is 0. The summed E-state index contributed by atoms with van der Waals surface area (Å²) in [7, 11) is 3.10. The number of ether oxygens (including phenoxy) is 4. The van der Waals surface area contributed by atoms with Crippen molar-refractivity contribution in [3.63, 3.8) is 0 Å². The molecule has 7 heteroatoms. The van der Waals surface area contributed by atoms with Crippen molar-refractivity contribution in [1.82, 2.24) is 0 Å². The first-order valence-electron chi connectivity index (χ1n) is 7.68. The summed E-state index contributed by atoms with van der Waals surface area (Å²) in [5, 5.41) is 0. The summed E-state index contributed by atoms with van der Waals surface area (Å²) >= 11 is 5.83. The van der Waals surface area contributed by atoms with Crippen molar-refractivity contribution in [2.45, 2.75) is 0 Å². The van der Waals surface area contributed by atoms with Crippen LogP contribution in [0.5, 0.6) is 23.0 Å². The van der Waals surface area contributed by atoms with Crippen LogP contribution in [0.25, 0.3) is 0 Å². The standard InChI is InChI=1S/C18H18ClNO5/c1-22-14-7-13(8-15(10-14)23-2)20(18(21)11-19)12-3-4-16-17(9-12)25-6-5-24-16/h3-4,7-10H,5-6,11H2,1-2H3. The van der Waals surface area contributed by atoms with E-state index in [9.17, 15) is 4.79 Å². The average molecular weight is 364 g/mol. The predicted molar refractivity (Wildman–Crippen MR) is 94.8 cm³/mol. The number of carbonyl (C=O) groups is 1. The Morgan fingerprint density at radius 2 is 1.64 bits per heavy atom. The highest BCUT2D eigenvalue weighted by atomic mass is 35.5. The van der Waals surface area contributed by atoms with Crippen LogP contribution in [0.1, 0.15) is 0 Å². The van der Waals surface area contributed by atoms with Gasteiger partial charge in [-0.3, -0.25) is 9.69 Å². The van der Waals surface area contributed by atoms with Crippen LogP contribution in [0.2, 0.25) is 0 Å². The third-order valence-corrected chi connectivity index (χ3v) is 3.97. The van der Waals surface area contributed by atoms with E-state index in [1.165, 1.54) is 4.90 Å². The highest BCUT2D eigenvalue weighted by molar-refractivity contribution is 6.30. The van der Waals surface area contributed by atoms with Gasteiger partial charge in [-0.05, 0) is 12.1 Å². The summed E-state index contributed by atoms with van der Waals surface area (Å²) in [5.41, 5.74) is 1.20. The van der Waals surface area contributed by atoms with Crippen molar-refractivity contribution in [3.05, 3.63) is 36.4 Å². The molecule has 0 radical (unpaired) electrons. The molecule has 1 heterocycles. The zero-order chi connectivity index (χ0) is 17.8. The lowest BCUT2D eigenvalue weighted by Crippen LogP contribution is -2.27. The van der Waals surface area contributed by atoms with Gasteiger partial charge in [0.15, 0.2) is 11.5 Å². The maximum absolute atomic E-state index is 12.5. The largest absolute Gasteiger partial charge is 0.497 e. The molecule has 1 aliphatic rings. The van der Waals surface area contributed by atoms with E-state index in [4.69, 9.17) is 30.5 Å². The van der Waals surface area contributed by atoms with Crippen LogP contribution in [0.15, 0.2) is 36.4 Å². The van der Waals surface area contributed by atoms with Crippen LogP contribution in [-0.4, -0.2) is 39.2 Å². The van der Waals surface area contributed by atoms with Crippen molar-refractivity contribution in [2.24, 2.45) is 0 Å². The maximum Gasteiger partial charge on any atom is 0.246 e. The molecule has 2 aromatic carbocycles. The van der Waals surface area contributed by atoms with Gasteiger partial charge in [-0.15, -0.1) is 11.6 Å². The minimum Gasteiger partial charge on any atom is -0.497 e.